The second-order valence-corrected chi connectivity index (χ2v) is 4.08. The number of hydrogen-bond acceptors (Lipinski definition) is 4. The lowest BCUT2D eigenvalue weighted by atomic mass is 10.1. The second-order valence-electron chi connectivity index (χ2n) is 4.08. The van der Waals surface area contributed by atoms with Crippen LogP contribution in [0.5, 0.6) is 0 Å². The van der Waals surface area contributed by atoms with Gasteiger partial charge in [0, 0.05) is 18.9 Å². The summed E-state index contributed by atoms with van der Waals surface area (Å²) in [7, 11) is 0. The van der Waals surface area contributed by atoms with E-state index in [1.807, 2.05) is 6.92 Å². The monoisotopic (exact) mass is 233 g/mol. The van der Waals surface area contributed by atoms with Crippen molar-refractivity contribution in [3.05, 3.63) is 29.6 Å². The summed E-state index contributed by atoms with van der Waals surface area (Å²) in [4.78, 5) is 29.3. The summed E-state index contributed by atoms with van der Waals surface area (Å²) >= 11 is 0. The lowest BCUT2D eigenvalue weighted by Crippen LogP contribution is -2.44. The van der Waals surface area contributed by atoms with Gasteiger partial charge in [-0.25, -0.2) is 0 Å². The summed E-state index contributed by atoms with van der Waals surface area (Å²) in [6.45, 7) is 2.30. The zero-order valence-corrected chi connectivity index (χ0v) is 9.72. The summed E-state index contributed by atoms with van der Waals surface area (Å²) in [5, 5.41) is 0. The SMILES string of the molecule is CCCC(CN)N1C(=O)c2ccncc2C1=O. The fourth-order valence-electron chi connectivity index (χ4n) is 2.12. The van der Waals surface area contributed by atoms with Gasteiger partial charge in [-0.05, 0) is 12.5 Å². The average molecular weight is 233 g/mol. The van der Waals surface area contributed by atoms with Crippen LogP contribution >= 0.6 is 0 Å². The molecule has 2 rings (SSSR count). The van der Waals surface area contributed by atoms with Crippen LogP contribution in [0.15, 0.2) is 18.5 Å². The Balaban J connectivity index is 2.35. The van der Waals surface area contributed by atoms with Crippen LogP contribution in [0.3, 0.4) is 0 Å². The Morgan fingerprint density at radius 2 is 2.06 bits per heavy atom. The van der Waals surface area contributed by atoms with Gasteiger partial charge in [0.15, 0.2) is 0 Å². The van der Waals surface area contributed by atoms with E-state index in [0.29, 0.717) is 17.7 Å². The van der Waals surface area contributed by atoms with E-state index < -0.39 is 0 Å². The van der Waals surface area contributed by atoms with E-state index in [9.17, 15) is 9.59 Å². The Labute approximate surface area is 99.6 Å². The molecule has 0 spiro atoms. The Hall–Kier alpha value is -1.75. The highest BCUT2D eigenvalue weighted by molar-refractivity contribution is 6.21. The Morgan fingerprint density at radius 3 is 2.65 bits per heavy atom. The number of carbonyl (C=O) groups excluding carboxylic acids is 2. The third-order valence-electron chi connectivity index (χ3n) is 2.98. The van der Waals surface area contributed by atoms with Crippen LogP contribution in [0, 0.1) is 0 Å². The third-order valence-corrected chi connectivity index (χ3v) is 2.98. The molecule has 0 aromatic carbocycles. The van der Waals surface area contributed by atoms with Crippen LogP contribution < -0.4 is 5.73 Å². The largest absolute Gasteiger partial charge is 0.328 e. The molecule has 0 bridgehead atoms. The first-order chi connectivity index (χ1) is 8.20. The van der Waals surface area contributed by atoms with E-state index in [4.69, 9.17) is 5.73 Å². The van der Waals surface area contributed by atoms with Crippen molar-refractivity contribution in [2.45, 2.75) is 25.8 Å². The molecule has 2 heterocycles. The Bertz CT molecular complexity index is 424. The molecule has 1 unspecified atom stereocenters. The zero-order valence-electron chi connectivity index (χ0n) is 9.72. The molecule has 0 aliphatic carbocycles. The number of aromatic nitrogens is 1. The predicted octanol–water partition coefficient (Wildman–Crippen LogP) is 0.805. The summed E-state index contributed by atoms with van der Waals surface area (Å²) in [5.74, 6) is -0.529. The molecule has 90 valence electrons. The molecule has 5 heteroatoms. The number of pyridine rings is 1. The van der Waals surface area contributed by atoms with Crippen LogP contribution in [-0.4, -0.2) is 34.3 Å². The average Bonchev–Trinajstić information content (AvgIpc) is 2.61. The molecule has 1 atom stereocenters. The minimum absolute atomic E-state index is 0.215. The van der Waals surface area contributed by atoms with Crippen molar-refractivity contribution in [2.75, 3.05) is 6.54 Å². The normalized spacial score (nSPS) is 16.2. The highest BCUT2D eigenvalue weighted by atomic mass is 16.2. The maximum absolute atomic E-state index is 12.1. The van der Waals surface area contributed by atoms with Gasteiger partial charge in [-0.2, -0.15) is 0 Å². The van der Waals surface area contributed by atoms with Gasteiger partial charge in [0.2, 0.25) is 0 Å². The topological polar surface area (TPSA) is 76.3 Å². The molecule has 17 heavy (non-hydrogen) atoms. The van der Waals surface area contributed by atoms with Gasteiger partial charge in [0.25, 0.3) is 11.8 Å². The lowest BCUT2D eigenvalue weighted by Gasteiger charge is -2.24. The molecule has 2 N–H and O–H groups in total. The number of amides is 2. The number of fused-ring (bicyclic) bond motifs is 1. The number of rotatable bonds is 4. The van der Waals surface area contributed by atoms with Crippen molar-refractivity contribution in [2.24, 2.45) is 5.73 Å². The Morgan fingerprint density at radius 1 is 1.35 bits per heavy atom. The highest BCUT2D eigenvalue weighted by Crippen LogP contribution is 2.24. The first-order valence-electron chi connectivity index (χ1n) is 5.72. The molecule has 2 amide bonds. The van der Waals surface area contributed by atoms with Gasteiger partial charge < -0.3 is 5.73 Å². The van der Waals surface area contributed by atoms with Gasteiger partial charge in [0.1, 0.15) is 0 Å². The molecular weight excluding hydrogens is 218 g/mol. The number of imide groups is 1. The van der Waals surface area contributed by atoms with Gasteiger partial charge in [-0.15, -0.1) is 0 Å². The molecule has 0 radical (unpaired) electrons. The molecular formula is C12H15N3O2. The van der Waals surface area contributed by atoms with Crippen LogP contribution in [0.25, 0.3) is 0 Å². The first kappa shape index (κ1) is 11.7. The summed E-state index contributed by atoms with van der Waals surface area (Å²) in [5.41, 5.74) is 6.45. The summed E-state index contributed by atoms with van der Waals surface area (Å²) < 4.78 is 0. The smallest absolute Gasteiger partial charge is 0.263 e. The number of nitrogens with zero attached hydrogens (tertiary/aromatic N) is 2. The van der Waals surface area contributed by atoms with E-state index in [1.54, 1.807) is 6.07 Å². The molecule has 0 saturated heterocycles. The zero-order chi connectivity index (χ0) is 12.4. The molecule has 1 aromatic heterocycles. The van der Waals surface area contributed by atoms with E-state index in [1.165, 1.54) is 17.3 Å². The van der Waals surface area contributed by atoms with E-state index in [-0.39, 0.29) is 17.9 Å². The van der Waals surface area contributed by atoms with Crippen LogP contribution in [-0.2, 0) is 0 Å². The number of hydrogen-bond donors (Lipinski definition) is 1. The lowest BCUT2D eigenvalue weighted by molar-refractivity contribution is 0.0581. The van der Waals surface area contributed by atoms with Crippen molar-refractivity contribution in [1.82, 2.24) is 9.88 Å². The van der Waals surface area contributed by atoms with Gasteiger partial charge in [0.05, 0.1) is 17.2 Å². The summed E-state index contributed by atoms with van der Waals surface area (Å²) in [6.07, 6.45) is 4.57. The van der Waals surface area contributed by atoms with E-state index >= 15 is 0 Å². The van der Waals surface area contributed by atoms with Crippen LogP contribution in [0.2, 0.25) is 0 Å². The minimum atomic E-state index is -0.276. The maximum Gasteiger partial charge on any atom is 0.263 e. The van der Waals surface area contributed by atoms with Crippen molar-refractivity contribution in [3.63, 3.8) is 0 Å². The number of nitrogens with two attached hydrogens (primary N) is 1. The van der Waals surface area contributed by atoms with Gasteiger partial charge in [-0.1, -0.05) is 13.3 Å². The maximum atomic E-state index is 12.1. The van der Waals surface area contributed by atoms with Crippen molar-refractivity contribution >= 4 is 11.8 Å². The number of carbonyl (C=O) groups is 2. The highest BCUT2D eigenvalue weighted by Gasteiger charge is 2.39. The van der Waals surface area contributed by atoms with Crippen molar-refractivity contribution < 1.29 is 9.59 Å². The molecule has 1 aromatic rings. The quantitative estimate of drug-likeness (QED) is 0.780. The fraction of sp³-hybridized carbons (Fsp3) is 0.417. The predicted molar refractivity (Wildman–Crippen MR) is 62.5 cm³/mol. The van der Waals surface area contributed by atoms with Crippen molar-refractivity contribution in [1.29, 1.82) is 0 Å². The van der Waals surface area contributed by atoms with E-state index in [2.05, 4.69) is 4.98 Å². The standard InChI is InChI=1S/C12H15N3O2/c1-2-3-8(6-13)15-11(16)9-4-5-14-7-10(9)12(15)17/h4-5,7-8H,2-3,6,13H2,1H3. The summed E-state index contributed by atoms with van der Waals surface area (Å²) in [6, 6.07) is 1.36. The second kappa shape index (κ2) is 4.63. The molecule has 1 aliphatic heterocycles. The molecule has 0 fully saturated rings. The fourth-order valence-corrected chi connectivity index (χ4v) is 2.12. The molecule has 0 saturated carbocycles. The minimum Gasteiger partial charge on any atom is -0.328 e. The van der Waals surface area contributed by atoms with E-state index in [0.717, 1.165) is 12.8 Å². The molecule has 1 aliphatic rings. The van der Waals surface area contributed by atoms with Gasteiger partial charge >= 0.3 is 0 Å². The third kappa shape index (κ3) is 1.82. The van der Waals surface area contributed by atoms with Gasteiger partial charge in [-0.3, -0.25) is 19.5 Å². The van der Waals surface area contributed by atoms with Crippen LogP contribution in [0.4, 0.5) is 0 Å². The Kier molecular flexibility index (Phi) is 3.19. The van der Waals surface area contributed by atoms with Crippen molar-refractivity contribution in [3.8, 4) is 0 Å². The van der Waals surface area contributed by atoms with Crippen LogP contribution in [0.1, 0.15) is 40.5 Å². The molecule has 5 nitrogen and oxygen atoms in total. The first-order valence-corrected chi connectivity index (χ1v) is 5.72.